The number of carbonyl (C=O) groups excluding carboxylic acids is 1. The van der Waals surface area contributed by atoms with Crippen molar-refractivity contribution in [2.75, 3.05) is 13.1 Å². The van der Waals surface area contributed by atoms with Crippen molar-refractivity contribution in [1.82, 2.24) is 15.6 Å². The largest absolute Gasteiger partial charge is 0.489 e. The van der Waals surface area contributed by atoms with Crippen molar-refractivity contribution >= 4 is 18.3 Å². The maximum atomic E-state index is 12.8. The van der Waals surface area contributed by atoms with Gasteiger partial charge in [0.25, 0.3) is 0 Å². The number of nitrogens with one attached hydrogen (secondary N) is 2. The van der Waals surface area contributed by atoms with Crippen LogP contribution in [0.2, 0.25) is 0 Å². The van der Waals surface area contributed by atoms with Crippen LogP contribution in [0.15, 0.2) is 48.7 Å². The Bertz CT molecular complexity index is 754. The molecule has 0 bridgehead atoms. The molecule has 2 atom stereocenters. The topological polar surface area (TPSA) is 63.2 Å². The maximum Gasteiger partial charge on any atom is 0.225 e. The van der Waals surface area contributed by atoms with Crippen LogP contribution in [0.3, 0.4) is 0 Å². The van der Waals surface area contributed by atoms with Gasteiger partial charge in [-0.3, -0.25) is 4.79 Å². The molecule has 1 aliphatic heterocycles. The van der Waals surface area contributed by atoms with Gasteiger partial charge in [-0.2, -0.15) is 4.39 Å². The van der Waals surface area contributed by atoms with Gasteiger partial charge in [-0.05, 0) is 17.7 Å². The molecule has 144 valence electrons. The second-order valence-corrected chi connectivity index (χ2v) is 7.02. The fourth-order valence-electron chi connectivity index (χ4n) is 3.72. The van der Waals surface area contributed by atoms with E-state index in [0.29, 0.717) is 12.3 Å². The average Bonchev–Trinajstić information content (AvgIpc) is 3.12. The van der Waals surface area contributed by atoms with Gasteiger partial charge in [0.15, 0.2) is 0 Å². The lowest BCUT2D eigenvalue weighted by atomic mass is 9.85. The first-order valence-electron chi connectivity index (χ1n) is 9.03. The Morgan fingerprint density at radius 1 is 1.15 bits per heavy atom. The number of benzene rings is 1. The zero-order valence-electron chi connectivity index (χ0n) is 14.8. The summed E-state index contributed by atoms with van der Waals surface area (Å²) in [6, 6.07) is 13.2. The SMILES string of the molecule is Cl.O=C(NC1CC(Oc2ccc(F)nc2)C1)C1CNCC1c1ccccc1. The van der Waals surface area contributed by atoms with E-state index < -0.39 is 5.95 Å². The number of halogens is 2. The number of ether oxygens (including phenoxy) is 1. The number of hydrogen-bond acceptors (Lipinski definition) is 4. The third-order valence-electron chi connectivity index (χ3n) is 5.22. The van der Waals surface area contributed by atoms with Crippen LogP contribution in [0.5, 0.6) is 5.75 Å². The van der Waals surface area contributed by atoms with Gasteiger partial charge < -0.3 is 15.4 Å². The fourth-order valence-corrected chi connectivity index (χ4v) is 3.72. The summed E-state index contributed by atoms with van der Waals surface area (Å²) in [4.78, 5) is 16.3. The zero-order chi connectivity index (χ0) is 17.9. The van der Waals surface area contributed by atoms with E-state index in [1.165, 1.54) is 17.8 Å². The predicted molar refractivity (Wildman–Crippen MR) is 103 cm³/mol. The van der Waals surface area contributed by atoms with Crippen molar-refractivity contribution < 1.29 is 13.9 Å². The molecule has 4 rings (SSSR count). The Balaban J connectivity index is 0.00000210. The minimum absolute atomic E-state index is 0. The van der Waals surface area contributed by atoms with E-state index >= 15 is 0 Å². The number of aromatic nitrogens is 1. The number of rotatable bonds is 5. The monoisotopic (exact) mass is 391 g/mol. The highest BCUT2D eigenvalue weighted by Gasteiger charge is 2.38. The third-order valence-corrected chi connectivity index (χ3v) is 5.22. The standard InChI is InChI=1S/C20H22FN3O2.ClH/c21-19-7-6-15(10-23-19)26-16-8-14(9-16)24-20(25)18-12-22-11-17(18)13-4-2-1-3-5-13;/h1-7,10,14,16-18,22H,8-9,11-12H2,(H,24,25);1H. The summed E-state index contributed by atoms with van der Waals surface area (Å²) in [5.41, 5.74) is 1.20. The van der Waals surface area contributed by atoms with Crippen molar-refractivity contribution in [2.24, 2.45) is 5.92 Å². The number of nitrogens with zero attached hydrogens (tertiary/aromatic N) is 1. The summed E-state index contributed by atoms with van der Waals surface area (Å²) in [5.74, 6) is 0.322. The Kier molecular flexibility index (Phi) is 6.29. The third kappa shape index (κ3) is 4.57. The molecule has 1 aromatic heterocycles. The first-order chi connectivity index (χ1) is 12.7. The highest BCUT2D eigenvalue weighted by molar-refractivity contribution is 5.85. The molecule has 0 spiro atoms. The first kappa shape index (κ1) is 19.6. The first-order valence-corrected chi connectivity index (χ1v) is 9.03. The van der Waals surface area contributed by atoms with Crippen molar-refractivity contribution in [3.8, 4) is 5.75 Å². The lowest BCUT2D eigenvalue weighted by molar-refractivity contribution is -0.126. The smallest absolute Gasteiger partial charge is 0.225 e. The second kappa shape index (κ2) is 8.67. The summed E-state index contributed by atoms with van der Waals surface area (Å²) in [6.45, 7) is 1.54. The second-order valence-electron chi connectivity index (χ2n) is 7.02. The molecule has 2 aromatic rings. The summed E-state index contributed by atoms with van der Waals surface area (Å²) >= 11 is 0. The highest BCUT2D eigenvalue weighted by atomic mass is 35.5. The number of hydrogen-bond donors (Lipinski definition) is 2. The molecule has 5 nitrogen and oxygen atoms in total. The van der Waals surface area contributed by atoms with Gasteiger partial charge >= 0.3 is 0 Å². The molecule has 1 aromatic carbocycles. The summed E-state index contributed by atoms with van der Waals surface area (Å²) in [5, 5.41) is 6.48. The van der Waals surface area contributed by atoms with Gasteiger partial charge in [-0.25, -0.2) is 4.98 Å². The lowest BCUT2D eigenvalue weighted by Gasteiger charge is -2.36. The Morgan fingerprint density at radius 2 is 1.93 bits per heavy atom. The molecular weight excluding hydrogens is 369 g/mol. The molecule has 27 heavy (non-hydrogen) atoms. The van der Waals surface area contributed by atoms with Crippen LogP contribution in [0.4, 0.5) is 4.39 Å². The van der Waals surface area contributed by atoms with E-state index in [2.05, 4.69) is 27.8 Å². The van der Waals surface area contributed by atoms with E-state index in [9.17, 15) is 9.18 Å². The molecule has 2 N–H and O–H groups in total. The molecule has 0 radical (unpaired) electrons. The molecule has 2 fully saturated rings. The number of carbonyl (C=O) groups is 1. The number of pyridine rings is 1. The van der Waals surface area contributed by atoms with Gasteiger partial charge in [0, 0.05) is 37.9 Å². The number of amides is 1. The highest BCUT2D eigenvalue weighted by Crippen LogP contribution is 2.30. The minimum atomic E-state index is -0.519. The Morgan fingerprint density at radius 3 is 2.63 bits per heavy atom. The summed E-state index contributed by atoms with van der Waals surface area (Å²) < 4.78 is 18.5. The van der Waals surface area contributed by atoms with Crippen molar-refractivity contribution in [1.29, 1.82) is 0 Å². The van der Waals surface area contributed by atoms with Crippen LogP contribution >= 0.6 is 12.4 Å². The molecule has 1 amide bonds. The van der Waals surface area contributed by atoms with E-state index in [4.69, 9.17) is 4.74 Å². The van der Waals surface area contributed by atoms with Crippen LogP contribution in [-0.2, 0) is 4.79 Å². The van der Waals surface area contributed by atoms with Gasteiger partial charge in [0.2, 0.25) is 11.9 Å². The van der Waals surface area contributed by atoms with Crippen molar-refractivity contribution in [2.45, 2.75) is 30.9 Å². The molecule has 7 heteroatoms. The maximum absolute atomic E-state index is 12.8. The quantitative estimate of drug-likeness (QED) is 0.769. The Labute approximate surface area is 164 Å². The average molecular weight is 392 g/mol. The van der Waals surface area contributed by atoms with E-state index in [1.54, 1.807) is 6.07 Å². The van der Waals surface area contributed by atoms with E-state index in [0.717, 1.165) is 19.4 Å². The van der Waals surface area contributed by atoms with Crippen LogP contribution in [-0.4, -0.2) is 36.1 Å². The zero-order valence-corrected chi connectivity index (χ0v) is 15.6. The minimum Gasteiger partial charge on any atom is -0.489 e. The molecule has 2 heterocycles. The molecular formula is C20H23ClFN3O2. The van der Waals surface area contributed by atoms with Crippen LogP contribution in [0.25, 0.3) is 0 Å². The van der Waals surface area contributed by atoms with Crippen LogP contribution < -0.4 is 15.4 Å². The fraction of sp³-hybridized carbons (Fsp3) is 0.400. The Hall–Kier alpha value is -2.18. The van der Waals surface area contributed by atoms with Crippen molar-refractivity contribution in [3.05, 3.63) is 60.2 Å². The van der Waals surface area contributed by atoms with Crippen LogP contribution in [0.1, 0.15) is 24.3 Å². The summed E-state index contributed by atoms with van der Waals surface area (Å²) in [7, 11) is 0. The normalized spacial score (nSPS) is 26.6. The summed E-state index contributed by atoms with van der Waals surface area (Å²) in [6.07, 6.45) is 2.95. The van der Waals surface area contributed by atoms with E-state index in [-0.39, 0.29) is 42.3 Å². The van der Waals surface area contributed by atoms with Gasteiger partial charge in [0.1, 0.15) is 11.9 Å². The van der Waals surface area contributed by atoms with Gasteiger partial charge in [-0.15, -0.1) is 12.4 Å². The van der Waals surface area contributed by atoms with Crippen LogP contribution in [0, 0.1) is 11.9 Å². The molecule has 1 saturated carbocycles. The molecule has 1 aliphatic carbocycles. The van der Waals surface area contributed by atoms with Gasteiger partial charge in [0.05, 0.1) is 12.1 Å². The predicted octanol–water partition coefficient (Wildman–Crippen LogP) is 2.67. The molecule has 1 saturated heterocycles. The van der Waals surface area contributed by atoms with E-state index in [1.807, 2.05) is 18.2 Å². The van der Waals surface area contributed by atoms with Crippen molar-refractivity contribution in [3.63, 3.8) is 0 Å². The van der Waals surface area contributed by atoms with Gasteiger partial charge in [-0.1, -0.05) is 30.3 Å². The molecule has 2 unspecified atom stereocenters. The lowest BCUT2D eigenvalue weighted by Crippen LogP contribution is -2.51. The molecule has 2 aliphatic rings.